The maximum Gasteiger partial charge on any atom is 0.330 e. The molecule has 134 valence electrons. The summed E-state index contributed by atoms with van der Waals surface area (Å²) < 4.78 is 21.2. The molecule has 0 heterocycles. The van der Waals surface area contributed by atoms with Crippen molar-refractivity contribution in [2.75, 3.05) is 39.6 Å². The third-order valence-corrected chi connectivity index (χ3v) is 3.11. The lowest BCUT2D eigenvalue weighted by molar-refractivity contribution is -0.139. The maximum atomic E-state index is 11.0. The fourth-order valence-corrected chi connectivity index (χ4v) is 1.97. The molecule has 0 aromatic heterocycles. The van der Waals surface area contributed by atoms with Crippen molar-refractivity contribution in [2.24, 2.45) is 0 Å². The number of allylic oxidation sites excluding steroid dienone is 1. The minimum Gasteiger partial charge on any atom is -0.491 e. The summed E-state index contributed by atoms with van der Waals surface area (Å²) in [6.45, 7) is 6.52. The molecule has 0 radical (unpaired) electrons. The Labute approximate surface area is 144 Å². The van der Waals surface area contributed by atoms with Gasteiger partial charge in [-0.05, 0) is 31.0 Å². The van der Waals surface area contributed by atoms with Crippen molar-refractivity contribution >= 4 is 5.97 Å². The van der Waals surface area contributed by atoms with Crippen LogP contribution in [-0.4, -0.2) is 45.6 Å². The van der Waals surface area contributed by atoms with Gasteiger partial charge in [0.15, 0.2) is 0 Å². The van der Waals surface area contributed by atoms with E-state index in [9.17, 15) is 4.79 Å². The zero-order valence-electron chi connectivity index (χ0n) is 14.7. The van der Waals surface area contributed by atoms with Gasteiger partial charge in [-0.3, -0.25) is 0 Å². The van der Waals surface area contributed by atoms with E-state index >= 15 is 0 Å². The van der Waals surface area contributed by atoms with Gasteiger partial charge in [0.25, 0.3) is 0 Å². The molecule has 0 amide bonds. The fraction of sp³-hybridized carbons (Fsp3) is 0.526. The molecule has 0 aliphatic rings. The molecular formula is C19H28O5. The predicted octanol–water partition coefficient (Wildman–Crippen LogP) is 3.17. The summed E-state index contributed by atoms with van der Waals surface area (Å²) in [4.78, 5) is 11.0. The SMILES string of the molecule is CC=CC(=O)OCCOCCOCCOc1ccc(CCC)cc1. The molecule has 0 saturated heterocycles. The molecule has 5 heteroatoms. The molecular weight excluding hydrogens is 308 g/mol. The van der Waals surface area contributed by atoms with Crippen LogP contribution in [0.3, 0.4) is 0 Å². The number of esters is 1. The van der Waals surface area contributed by atoms with Gasteiger partial charge in [0, 0.05) is 6.08 Å². The number of ether oxygens (including phenoxy) is 4. The topological polar surface area (TPSA) is 54.0 Å². The molecule has 0 spiro atoms. The highest BCUT2D eigenvalue weighted by atomic mass is 16.6. The van der Waals surface area contributed by atoms with Crippen LogP contribution in [0.25, 0.3) is 0 Å². The van der Waals surface area contributed by atoms with E-state index < -0.39 is 0 Å². The Hall–Kier alpha value is -1.85. The molecule has 0 atom stereocenters. The minimum atomic E-state index is -0.350. The first-order valence-corrected chi connectivity index (χ1v) is 8.43. The van der Waals surface area contributed by atoms with Crippen LogP contribution < -0.4 is 4.74 Å². The van der Waals surface area contributed by atoms with E-state index in [4.69, 9.17) is 18.9 Å². The summed E-state index contributed by atoms with van der Waals surface area (Å²) in [5.41, 5.74) is 1.33. The Kier molecular flexibility index (Phi) is 11.4. The average molecular weight is 336 g/mol. The van der Waals surface area contributed by atoms with Crippen molar-refractivity contribution in [1.29, 1.82) is 0 Å². The van der Waals surface area contributed by atoms with Crippen molar-refractivity contribution in [3.8, 4) is 5.75 Å². The summed E-state index contributed by atoms with van der Waals surface area (Å²) in [5, 5.41) is 0. The van der Waals surface area contributed by atoms with Crippen LogP contribution in [0.15, 0.2) is 36.4 Å². The number of hydrogen-bond donors (Lipinski definition) is 0. The summed E-state index contributed by atoms with van der Waals surface area (Å²) in [6, 6.07) is 8.17. The first kappa shape index (κ1) is 20.2. The molecule has 0 aliphatic carbocycles. The molecule has 1 aromatic carbocycles. The van der Waals surface area contributed by atoms with Crippen LogP contribution in [0.2, 0.25) is 0 Å². The maximum absolute atomic E-state index is 11.0. The number of rotatable bonds is 13. The van der Waals surface area contributed by atoms with E-state index in [1.807, 2.05) is 12.1 Å². The minimum absolute atomic E-state index is 0.250. The summed E-state index contributed by atoms with van der Waals surface area (Å²) in [5.74, 6) is 0.509. The Morgan fingerprint density at radius 3 is 2.21 bits per heavy atom. The molecule has 5 nitrogen and oxygen atoms in total. The van der Waals surface area contributed by atoms with E-state index in [2.05, 4.69) is 19.1 Å². The molecule has 24 heavy (non-hydrogen) atoms. The molecule has 1 rings (SSSR count). The molecule has 0 fully saturated rings. The van der Waals surface area contributed by atoms with Gasteiger partial charge in [0.2, 0.25) is 0 Å². The van der Waals surface area contributed by atoms with Gasteiger partial charge in [-0.2, -0.15) is 0 Å². The Balaban J connectivity index is 1.92. The normalized spacial score (nSPS) is 10.9. The van der Waals surface area contributed by atoms with Crippen molar-refractivity contribution < 1.29 is 23.7 Å². The lowest BCUT2D eigenvalue weighted by atomic mass is 10.1. The standard InChI is InChI=1S/C19H28O5/c1-3-5-17-7-9-18(10-8-17)23-15-13-21-11-12-22-14-16-24-19(20)6-4-2/h4,6-10H,3,5,11-16H2,1-2H3. The third-order valence-electron chi connectivity index (χ3n) is 3.11. The van der Waals surface area contributed by atoms with E-state index in [1.165, 1.54) is 11.6 Å². The van der Waals surface area contributed by atoms with E-state index in [0.29, 0.717) is 33.0 Å². The molecule has 0 N–H and O–H groups in total. The summed E-state index contributed by atoms with van der Waals surface area (Å²) in [6.07, 6.45) is 5.26. The molecule has 1 aromatic rings. The Bertz CT molecular complexity index is 467. The van der Waals surface area contributed by atoms with Gasteiger partial charge in [-0.1, -0.05) is 31.6 Å². The summed E-state index contributed by atoms with van der Waals surface area (Å²) in [7, 11) is 0. The number of carbonyl (C=O) groups is 1. The van der Waals surface area contributed by atoms with Crippen molar-refractivity contribution in [1.82, 2.24) is 0 Å². The predicted molar refractivity (Wildman–Crippen MR) is 93.3 cm³/mol. The number of carbonyl (C=O) groups excluding carboxylic acids is 1. The fourth-order valence-electron chi connectivity index (χ4n) is 1.97. The third kappa shape index (κ3) is 10.0. The monoisotopic (exact) mass is 336 g/mol. The smallest absolute Gasteiger partial charge is 0.330 e. The average Bonchev–Trinajstić information content (AvgIpc) is 2.58. The van der Waals surface area contributed by atoms with Gasteiger partial charge in [-0.15, -0.1) is 0 Å². The zero-order chi connectivity index (χ0) is 17.5. The second kappa shape index (κ2) is 13.6. The van der Waals surface area contributed by atoms with E-state index in [0.717, 1.165) is 18.6 Å². The first-order valence-electron chi connectivity index (χ1n) is 8.43. The van der Waals surface area contributed by atoms with Crippen LogP contribution in [-0.2, 0) is 25.4 Å². The van der Waals surface area contributed by atoms with Gasteiger partial charge in [-0.25, -0.2) is 4.79 Å². The van der Waals surface area contributed by atoms with Gasteiger partial charge >= 0.3 is 5.97 Å². The van der Waals surface area contributed by atoms with Crippen LogP contribution in [0.1, 0.15) is 25.8 Å². The molecule has 0 aliphatic heterocycles. The highest BCUT2D eigenvalue weighted by Gasteiger charge is 1.97. The summed E-state index contributed by atoms with van der Waals surface area (Å²) >= 11 is 0. The van der Waals surface area contributed by atoms with Gasteiger partial charge < -0.3 is 18.9 Å². The van der Waals surface area contributed by atoms with Crippen molar-refractivity contribution in [2.45, 2.75) is 26.7 Å². The van der Waals surface area contributed by atoms with Crippen LogP contribution in [0, 0.1) is 0 Å². The second-order valence-electron chi connectivity index (χ2n) is 5.13. The molecule has 0 saturated carbocycles. The van der Waals surface area contributed by atoms with Crippen LogP contribution in [0.4, 0.5) is 0 Å². The lowest BCUT2D eigenvalue weighted by Crippen LogP contribution is -2.13. The van der Waals surface area contributed by atoms with Gasteiger partial charge in [0.05, 0.1) is 26.4 Å². The van der Waals surface area contributed by atoms with Crippen molar-refractivity contribution in [3.63, 3.8) is 0 Å². The highest BCUT2D eigenvalue weighted by molar-refractivity contribution is 5.81. The molecule has 0 bridgehead atoms. The molecule has 0 unspecified atom stereocenters. The lowest BCUT2D eigenvalue weighted by Gasteiger charge is -2.08. The quantitative estimate of drug-likeness (QED) is 0.315. The number of benzene rings is 1. The van der Waals surface area contributed by atoms with E-state index in [-0.39, 0.29) is 12.6 Å². The van der Waals surface area contributed by atoms with E-state index in [1.54, 1.807) is 13.0 Å². The first-order chi connectivity index (χ1) is 11.8. The van der Waals surface area contributed by atoms with Crippen LogP contribution in [0.5, 0.6) is 5.75 Å². The highest BCUT2D eigenvalue weighted by Crippen LogP contribution is 2.13. The van der Waals surface area contributed by atoms with Gasteiger partial charge in [0.1, 0.15) is 19.0 Å². The van der Waals surface area contributed by atoms with Crippen molar-refractivity contribution in [3.05, 3.63) is 42.0 Å². The number of hydrogen-bond acceptors (Lipinski definition) is 5. The Morgan fingerprint density at radius 2 is 1.58 bits per heavy atom. The zero-order valence-corrected chi connectivity index (χ0v) is 14.7. The number of aryl methyl sites for hydroxylation is 1. The largest absolute Gasteiger partial charge is 0.491 e. The second-order valence-corrected chi connectivity index (χ2v) is 5.13. The van der Waals surface area contributed by atoms with Crippen LogP contribution >= 0.6 is 0 Å². The Morgan fingerprint density at radius 1 is 0.958 bits per heavy atom.